The van der Waals surface area contributed by atoms with Gasteiger partial charge in [-0.2, -0.15) is 4.80 Å². The van der Waals surface area contributed by atoms with Crippen LogP contribution in [0.3, 0.4) is 0 Å². The van der Waals surface area contributed by atoms with Gasteiger partial charge in [0, 0.05) is 28.4 Å². The molecule has 27 heavy (non-hydrogen) atoms. The Kier molecular flexibility index (Phi) is 5.41. The number of hydrogen-bond donors (Lipinski definition) is 1. The molecule has 1 aromatic heterocycles. The van der Waals surface area contributed by atoms with Crippen LogP contribution in [0.15, 0.2) is 48.5 Å². The highest BCUT2D eigenvalue weighted by Crippen LogP contribution is 2.21. The molecule has 0 aliphatic carbocycles. The van der Waals surface area contributed by atoms with Gasteiger partial charge in [-0.15, -0.1) is 10.2 Å². The number of nitro groups is 1. The fourth-order valence-electron chi connectivity index (χ4n) is 2.45. The quantitative estimate of drug-likeness (QED) is 0.512. The summed E-state index contributed by atoms with van der Waals surface area (Å²) in [4.78, 5) is 24.2. The van der Waals surface area contributed by atoms with Crippen molar-refractivity contribution in [2.24, 2.45) is 0 Å². The Morgan fingerprint density at radius 3 is 2.70 bits per heavy atom. The molecule has 9 nitrogen and oxygen atoms in total. The molecule has 3 aromatic rings. The van der Waals surface area contributed by atoms with E-state index < -0.39 is 16.9 Å². The number of nitrogens with zero attached hydrogens (tertiary/aromatic N) is 5. The summed E-state index contributed by atoms with van der Waals surface area (Å²) >= 11 is 5.87. The van der Waals surface area contributed by atoms with E-state index in [2.05, 4.69) is 20.7 Å². The molecule has 138 valence electrons. The lowest BCUT2D eigenvalue weighted by atomic mass is 10.2. The molecule has 10 heteroatoms. The van der Waals surface area contributed by atoms with E-state index in [-0.39, 0.29) is 5.69 Å². The van der Waals surface area contributed by atoms with E-state index in [9.17, 15) is 14.9 Å². The number of carbonyl (C=O) groups is 1. The molecule has 1 N–H and O–H groups in total. The number of nitrogens with one attached hydrogen (secondary N) is 1. The summed E-state index contributed by atoms with van der Waals surface area (Å²) in [5.41, 5.74) is 0.940. The zero-order valence-electron chi connectivity index (χ0n) is 14.2. The molecule has 1 amide bonds. The second-order valence-electron chi connectivity index (χ2n) is 5.66. The summed E-state index contributed by atoms with van der Waals surface area (Å²) in [6.07, 6.45) is 0.414. The monoisotopic (exact) mass is 386 g/mol. The average Bonchev–Trinajstić information content (AvgIpc) is 3.13. The number of anilines is 1. The normalized spacial score (nSPS) is 11.8. The minimum absolute atomic E-state index is 0.107. The van der Waals surface area contributed by atoms with E-state index in [0.717, 1.165) is 5.56 Å². The van der Waals surface area contributed by atoms with Crippen molar-refractivity contribution in [3.8, 4) is 11.4 Å². The van der Waals surface area contributed by atoms with Gasteiger partial charge in [-0.05, 0) is 42.0 Å². The lowest BCUT2D eigenvalue weighted by molar-refractivity contribution is -0.384. The van der Waals surface area contributed by atoms with Crippen LogP contribution in [0.2, 0.25) is 5.02 Å². The first-order valence-electron chi connectivity index (χ1n) is 8.08. The first-order valence-corrected chi connectivity index (χ1v) is 8.46. The van der Waals surface area contributed by atoms with E-state index in [1.807, 2.05) is 6.92 Å². The zero-order chi connectivity index (χ0) is 19.4. The van der Waals surface area contributed by atoms with Gasteiger partial charge in [0.15, 0.2) is 6.04 Å². The van der Waals surface area contributed by atoms with Crippen LogP contribution in [0.5, 0.6) is 0 Å². The molecule has 1 atom stereocenters. The smallest absolute Gasteiger partial charge is 0.271 e. The molecule has 0 fully saturated rings. The molecule has 0 saturated heterocycles. The number of aromatic nitrogens is 4. The molecular formula is C17H15ClN6O3. The predicted molar refractivity (Wildman–Crippen MR) is 99.3 cm³/mol. The number of tetrazole rings is 1. The van der Waals surface area contributed by atoms with Crippen molar-refractivity contribution in [2.75, 3.05) is 5.32 Å². The number of hydrogen-bond acceptors (Lipinski definition) is 6. The average molecular weight is 387 g/mol. The number of benzene rings is 2. The van der Waals surface area contributed by atoms with Crippen LogP contribution in [0.25, 0.3) is 11.4 Å². The first-order chi connectivity index (χ1) is 13.0. The molecule has 0 aliphatic heterocycles. The molecule has 3 rings (SSSR count). The maximum atomic E-state index is 12.6. The standard InChI is InChI=1S/C17H15ClN6O3/c1-2-15(17(25)19-13-4-3-5-14(10-13)24(26)27)23-21-16(20-22-23)11-6-8-12(18)9-7-11/h3-10,15H,2H2,1H3,(H,19,25). The maximum Gasteiger partial charge on any atom is 0.271 e. The Bertz CT molecular complexity index is 973. The van der Waals surface area contributed by atoms with Crippen molar-refractivity contribution in [3.05, 3.63) is 63.7 Å². The van der Waals surface area contributed by atoms with Crippen LogP contribution in [-0.4, -0.2) is 31.0 Å². The molecule has 0 spiro atoms. The van der Waals surface area contributed by atoms with Crippen molar-refractivity contribution in [1.29, 1.82) is 0 Å². The van der Waals surface area contributed by atoms with E-state index in [1.54, 1.807) is 30.3 Å². The highest BCUT2D eigenvalue weighted by atomic mass is 35.5. The minimum atomic E-state index is -0.710. The van der Waals surface area contributed by atoms with Gasteiger partial charge in [-0.25, -0.2) is 0 Å². The second kappa shape index (κ2) is 7.92. The van der Waals surface area contributed by atoms with Gasteiger partial charge in [0.2, 0.25) is 5.82 Å². The topological polar surface area (TPSA) is 116 Å². The van der Waals surface area contributed by atoms with Gasteiger partial charge in [0.05, 0.1) is 4.92 Å². The molecule has 0 radical (unpaired) electrons. The number of halogens is 1. The third-order valence-electron chi connectivity index (χ3n) is 3.82. The van der Waals surface area contributed by atoms with Gasteiger partial charge in [-0.1, -0.05) is 24.6 Å². The van der Waals surface area contributed by atoms with E-state index >= 15 is 0 Å². The van der Waals surface area contributed by atoms with Crippen molar-refractivity contribution in [2.45, 2.75) is 19.4 Å². The number of rotatable bonds is 6. The highest BCUT2D eigenvalue weighted by Gasteiger charge is 2.22. The van der Waals surface area contributed by atoms with Crippen LogP contribution in [-0.2, 0) is 4.79 Å². The van der Waals surface area contributed by atoms with Gasteiger partial charge in [0.25, 0.3) is 11.6 Å². The third kappa shape index (κ3) is 4.26. The summed E-state index contributed by atoms with van der Waals surface area (Å²) in [5.74, 6) is -0.0219. The first kappa shape index (κ1) is 18.5. The number of non-ortho nitro benzene ring substituents is 1. The fourth-order valence-corrected chi connectivity index (χ4v) is 2.57. The Labute approximate surface area is 159 Å². The van der Waals surface area contributed by atoms with E-state index in [4.69, 9.17) is 11.6 Å². The molecular weight excluding hydrogens is 372 g/mol. The minimum Gasteiger partial charge on any atom is -0.324 e. The van der Waals surface area contributed by atoms with Crippen molar-refractivity contribution < 1.29 is 9.72 Å². The molecule has 2 aromatic carbocycles. The van der Waals surface area contributed by atoms with E-state index in [0.29, 0.717) is 23.0 Å². The molecule has 0 bridgehead atoms. The van der Waals surface area contributed by atoms with Crippen LogP contribution < -0.4 is 5.32 Å². The molecule has 0 aliphatic rings. The number of nitro benzene ring substituents is 1. The van der Waals surface area contributed by atoms with Gasteiger partial charge >= 0.3 is 0 Å². The van der Waals surface area contributed by atoms with Crippen LogP contribution in [0, 0.1) is 10.1 Å². The Balaban J connectivity index is 1.78. The predicted octanol–water partition coefficient (Wildman–Crippen LogP) is 3.49. The molecule has 1 unspecified atom stereocenters. The Morgan fingerprint density at radius 2 is 2.04 bits per heavy atom. The van der Waals surface area contributed by atoms with Crippen molar-refractivity contribution in [3.63, 3.8) is 0 Å². The summed E-state index contributed by atoms with van der Waals surface area (Å²) < 4.78 is 0. The summed E-state index contributed by atoms with van der Waals surface area (Å²) in [6.45, 7) is 1.81. The summed E-state index contributed by atoms with van der Waals surface area (Å²) in [7, 11) is 0. The third-order valence-corrected chi connectivity index (χ3v) is 4.08. The van der Waals surface area contributed by atoms with Gasteiger partial charge in [-0.3, -0.25) is 14.9 Å². The summed E-state index contributed by atoms with van der Waals surface area (Å²) in [6, 6.07) is 11.9. The van der Waals surface area contributed by atoms with Crippen LogP contribution >= 0.6 is 11.6 Å². The van der Waals surface area contributed by atoms with Gasteiger partial charge in [0.1, 0.15) is 0 Å². The highest BCUT2D eigenvalue weighted by molar-refractivity contribution is 6.30. The van der Waals surface area contributed by atoms with Crippen LogP contribution in [0.1, 0.15) is 19.4 Å². The lowest BCUT2D eigenvalue weighted by Gasteiger charge is -2.13. The SMILES string of the molecule is CCC(C(=O)Nc1cccc([N+](=O)[O-])c1)n1nnc(-c2ccc(Cl)cc2)n1. The Hall–Kier alpha value is -3.33. The fraction of sp³-hybridized carbons (Fsp3) is 0.176. The van der Waals surface area contributed by atoms with Crippen LogP contribution in [0.4, 0.5) is 11.4 Å². The van der Waals surface area contributed by atoms with Crippen molar-refractivity contribution >= 4 is 28.9 Å². The zero-order valence-corrected chi connectivity index (χ0v) is 15.0. The largest absolute Gasteiger partial charge is 0.324 e. The number of amides is 1. The summed E-state index contributed by atoms with van der Waals surface area (Å²) in [5, 5.41) is 26.3. The van der Waals surface area contributed by atoms with Gasteiger partial charge < -0.3 is 5.32 Å². The molecule has 1 heterocycles. The Morgan fingerprint density at radius 1 is 1.30 bits per heavy atom. The molecule has 0 saturated carbocycles. The van der Waals surface area contributed by atoms with Crippen molar-refractivity contribution in [1.82, 2.24) is 20.2 Å². The second-order valence-corrected chi connectivity index (χ2v) is 6.10. The lowest BCUT2D eigenvalue weighted by Crippen LogP contribution is -2.27. The number of carbonyl (C=O) groups excluding carboxylic acids is 1. The van der Waals surface area contributed by atoms with E-state index in [1.165, 1.54) is 23.0 Å². The maximum absolute atomic E-state index is 12.6.